The number of carbonyl (C=O) groups excluding carboxylic acids is 1. The SMILES string of the molecule is NCCN1CCN(CO)C1=O. The van der Waals surface area contributed by atoms with Gasteiger partial charge >= 0.3 is 6.03 Å². The number of aliphatic hydroxyl groups is 1. The van der Waals surface area contributed by atoms with Crippen molar-refractivity contribution in [2.45, 2.75) is 0 Å². The molecule has 1 aliphatic rings. The lowest BCUT2D eigenvalue weighted by molar-refractivity contribution is 0.134. The van der Waals surface area contributed by atoms with Gasteiger partial charge in [0.15, 0.2) is 0 Å². The van der Waals surface area contributed by atoms with Crippen LogP contribution >= 0.6 is 0 Å². The number of urea groups is 1. The fraction of sp³-hybridized carbons (Fsp3) is 0.833. The number of hydrogen-bond acceptors (Lipinski definition) is 3. The average Bonchev–Trinajstić information content (AvgIpc) is 2.34. The van der Waals surface area contributed by atoms with Crippen LogP contribution < -0.4 is 5.73 Å². The molecule has 0 aromatic heterocycles. The Bertz CT molecular complexity index is 151. The van der Waals surface area contributed by atoms with Gasteiger partial charge in [0, 0.05) is 26.2 Å². The van der Waals surface area contributed by atoms with Crippen molar-refractivity contribution in [2.24, 2.45) is 5.73 Å². The molecule has 0 aromatic rings. The van der Waals surface area contributed by atoms with Crippen LogP contribution in [0.25, 0.3) is 0 Å². The summed E-state index contributed by atoms with van der Waals surface area (Å²) in [6.45, 7) is 2.15. The topological polar surface area (TPSA) is 69.8 Å². The Labute approximate surface area is 65.4 Å². The summed E-state index contributed by atoms with van der Waals surface area (Å²) in [6.07, 6.45) is 0. The Morgan fingerprint density at radius 2 is 2.09 bits per heavy atom. The molecule has 0 spiro atoms. The number of aliphatic hydroxyl groups excluding tert-OH is 1. The van der Waals surface area contributed by atoms with E-state index in [0.29, 0.717) is 26.2 Å². The fourth-order valence-corrected chi connectivity index (χ4v) is 1.13. The molecule has 64 valence electrons. The molecular formula is C6H13N3O2. The van der Waals surface area contributed by atoms with Gasteiger partial charge in [0.05, 0.1) is 0 Å². The number of rotatable bonds is 3. The van der Waals surface area contributed by atoms with Gasteiger partial charge in [0.2, 0.25) is 0 Å². The number of hydrogen-bond donors (Lipinski definition) is 2. The van der Waals surface area contributed by atoms with Gasteiger partial charge in [-0.1, -0.05) is 0 Å². The molecule has 2 amide bonds. The van der Waals surface area contributed by atoms with E-state index >= 15 is 0 Å². The zero-order valence-corrected chi connectivity index (χ0v) is 6.36. The lowest BCUT2D eigenvalue weighted by atomic mass is 10.5. The quantitative estimate of drug-likeness (QED) is 0.534. The van der Waals surface area contributed by atoms with Gasteiger partial charge in [-0.15, -0.1) is 0 Å². The van der Waals surface area contributed by atoms with Crippen molar-refractivity contribution in [3.8, 4) is 0 Å². The third kappa shape index (κ3) is 1.61. The molecule has 0 unspecified atom stereocenters. The van der Waals surface area contributed by atoms with E-state index in [-0.39, 0.29) is 12.8 Å². The molecule has 1 saturated heterocycles. The molecule has 0 atom stereocenters. The van der Waals surface area contributed by atoms with Crippen LogP contribution in [0.5, 0.6) is 0 Å². The lowest BCUT2D eigenvalue weighted by Crippen LogP contribution is -2.35. The van der Waals surface area contributed by atoms with E-state index in [2.05, 4.69) is 0 Å². The second-order valence-electron chi connectivity index (χ2n) is 2.46. The van der Waals surface area contributed by atoms with Crippen molar-refractivity contribution in [2.75, 3.05) is 32.9 Å². The average molecular weight is 159 g/mol. The van der Waals surface area contributed by atoms with Gasteiger partial charge in [0.25, 0.3) is 0 Å². The minimum absolute atomic E-state index is 0.113. The molecule has 0 bridgehead atoms. The van der Waals surface area contributed by atoms with Gasteiger partial charge < -0.3 is 15.7 Å². The first-order valence-corrected chi connectivity index (χ1v) is 3.64. The first-order chi connectivity index (χ1) is 5.29. The molecular weight excluding hydrogens is 146 g/mol. The predicted octanol–water partition coefficient (Wildman–Crippen LogP) is -1.37. The molecule has 5 nitrogen and oxygen atoms in total. The number of nitrogens with zero attached hydrogens (tertiary/aromatic N) is 2. The third-order valence-corrected chi connectivity index (χ3v) is 1.75. The molecule has 5 heteroatoms. The smallest absolute Gasteiger partial charge is 0.322 e. The van der Waals surface area contributed by atoms with Crippen molar-refractivity contribution in [1.82, 2.24) is 9.80 Å². The van der Waals surface area contributed by atoms with Crippen LogP contribution in [0.15, 0.2) is 0 Å². The Balaban J connectivity index is 2.42. The van der Waals surface area contributed by atoms with Gasteiger partial charge in [-0.2, -0.15) is 0 Å². The summed E-state index contributed by atoms with van der Waals surface area (Å²) in [6, 6.07) is -0.113. The normalized spacial score (nSPS) is 18.2. The van der Waals surface area contributed by atoms with Crippen LogP contribution in [-0.2, 0) is 0 Å². The molecule has 11 heavy (non-hydrogen) atoms. The second kappa shape index (κ2) is 3.54. The van der Waals surface area contributed by atoms with E-state index in [0.717, 1.165) is 0 Å². The van der Waals surface area contributed by atoms with Crippen LogP contribution in [0, 0.1) is 0 Å². The minimum atomic E-state index is -0.195. The first kappa shape index (κ1) is 8.29. The predicted molar refractivity (Wildman–Crippen MR) is 39.8 cm³/mol. The summed E-state index contributed by atoms with van der Waals surface area (Å²) in [7, 11) is 0. The third-order valence-electron chi connectivity index (χ3n) is 1.75. The van der Waals surface area contributed by atoms with E-state index in [1.54, 1.807) is 4.90 Å². The van der Waals surface area contributed by atoms with Crippen LogP contribution in [0.4, 0.5) is 4.79 Å². The first-order valence-electron chi connectivity index (χ1n) is 3.64. The monoisotopic (exact) mass is 159 g/mol. The zero-order chi connectivity index (χ0) is 8.27. The molecule has 1 fully saturated rings. The van der Waals surface area contributed by atoms with E-state index < -0.39 is 0 Å². The summed E-state index contributed by atoms with van der Waals surface area (Å²) in [5, 5.41) is 8.67. The second-order valence-corrected chi connectivity index (χ2v) is 2.46. The van der Waals surface area contributed by atoms with Crippen molar-refractivity contribution < 1.29 is 9.90 Å². The number of nitrogens with two attached hydrogens (primary N) is 1. The standard InChI is InChI=1S/C6H13N3O2/c7-1-2-8-3-4-9(5-10)6(8)11/h10H,1-5,7H2. The lowest BCUT2D eigenvalue weighted by Gasteiger charge is -2.15. The highest BCUT2D eigenvalue weighted by Crippen LogP contribution is 2.05. The van der Waals surface area contributed by atoms with Crippen LogP contribution in [0.2, 0.25) is 0 Å². The van der Waals surface area contributed by atoms with E-state index in [9.17, 15) is 4.79 Å². The molecule has 0 aliphatic carbocycles. The molecule has 1 rings (SSSR count). The van der Waals surface area contributed by atoms with Gasteiger partial charge in [-0.05, 0) is 0 Å². The highest BCUT2D eigenvalue weighted by molar-refractivity contribution is 5.76. The van der Waals surface area contributed by atoms with Gasteiger partial charge in [-0.3, -0.25) is 4.90 Å². The maximum atomic E-state index is 11.2. The number of amides is 2. The van der Waals surface area contributed by atoms with Crippen molar-refractivity contribution in [3.63, 3.8) is 0 Å². The highest BCUT2D eigenvalue weighted by Gasteiger charge is 2.26. The Kier molecular flexibility index (Phi) is 2.67. The molecule has 0 radical (unpaired) electrons. The largest absolute Gasteiger partial charge is 0.376 e. The van der Waals surface area contributed by atoms with E-state index in [4.69, 9.17) is 10.8 Å². The Hall–Kier alpha value is -0.810. The van der Waals surface area contributed by atoms with Crippen molar-refractivity contribution in [3.05, 3.63) is 0 Å². The maximum Gasteiger partial charge on any atom is 0.322 e. The Morgan fingerprint density at radius 3 is 2.55 bits per heavy atom. The van der Waals surface area contributed by atoms with Gasteiger partial charge in [-0.25, -0.2) is 4.79 Å². The maximum absolute atomic E-state index is 11.2. The summed E-state index contributed by atoms with van der Waals surface area (Å²) in [5.74, 6) is 0. The van der Waals surface area contributed by atoms with E-state index in [1.165, 1.54) is 4.90 Å². The van der Waals surface area contributed by atoms with Crippen LogP contribution in [0.3, 0.4) is 0 Å². The van der Waals surface area contributed by atoms with Crippen molar-refractivity contribution >= 4 is 6.03 Å². The van der Waals surface area contributed by atoms with E-state index in [1.807, 2.05) is 0 Å². The van der Waals surface area contributed by atoms with Crippen LogP contribution in [0.1, 0.15) is 0 Å². The molecule has 0 saturated carbocycles. The summed E-state index contributed by atoms with van der Waals surface area (Å²) < 4.78 is 0. The van der Waals surface area contributed by atoms with Gasteiger partial charge in [0.1, 0.15) is 6.73 Å². The molecule has 3 N–H and O–H groups in total. The summed E-state index contributed by atoms with van der Waals surface area (Å²) >= 11 is 0. The fourth-order valence-electron chi connectivity index (χ4n) is 1.13. The summed E-state index contributed by atoms with van der Waals surface area (Å²) in [5.41, 5.74) is 5.28. The zero-order valence-electron chi connectivity index (χ0n) is 6.36. The van der Waals surface area contributed by atoms with Crippen molar-refractivity contribution in [1.29, 1.82) is 0 Å². The minimum Gasteiger partial charge on any atom is -0.376 e. The van der Waals surface area contributed by atoms with Crippen LogP contribution in [-0.4, -0.2) is 53.8 Å². The Morgan fingerprint density at radius 1 is 1.45 bits per heavy atom. The highest BCUT2D eigenvalue weighted by atomic mass is 16.3. The molecule has 1 heterocycles. The molecule has 0 aromatic carbocycles. The summed E-state index contributed by atoms with van der Waals surface area (Å²) in [4.78, 5) is 14.2. The number of carbonyl (C=O) groups is 1. The molecule has 1 aliphatic heterocycles.